The number of nitrogens with one attached hydrogen (secondary N) is 1. The van der Waals surface area contributed by atoms with Crippen molar-refractivity contribution in [1.29, 1.82) is 0 Å². The van der Waals surface area contributed by atoms with Crippen molar-refractivity contribution in [3.8, 4) is 0 Å². The zero-order valence-electron chi connectivity index (χ0n) is 11.3. The third-order valence-corrected chi connectivity index (χ3v) is 3.30. The predicted octanol–water partition coefficient (Wildman–Crippen LogP) is 4.48. The van der Waals surface area contributed by atoms with Gasteiger partial charge in [0.05, 0.1) is 9.95 Å². The van der Waals surface area contributed by atoms with E-state index in [1.165, 1.54) is 23.3 Å². The fourth-order valence-electron chi connectivity index (χ4n) is 2.07. The van der Waals surface area contributed by atoms with Crippen LogP contribution in [0, 0.1) is 24.0 Å². The smallest absolute Gasteiger partial charge is 0.270 e. The lowest BCUT2D eigenvalue weighted by atomic mass is 10.1. The Hall–Kier alpha value is -2.07. The molecule has 0 radical (unpaired) electrons. The van der Waals surface area contributed by atoms with Gasteiger partial charge in [-0.25, -0.2) is 0 Å². The van der Waals surface area contributed by atoms with Gasteiger partial charge in [0.25, 0.3) is 5.69 Å². The fourth-order valence-corrected chi connectivity index (χ4v) is 2.31. The van der Waals surface area contributed by atoms with Gasteiger partial charge in [0.15, 0.2) is 0 Å². The van der Waals surface area contributed by atoms with Crippen LogP contribution in [-0.4, -0.2) is 4.92 Å². The van der Waals surface area contributed by atoms with Gasteiger partial charge in [-0.3, -0.25) is 10.1 Å². The molecule has 0 bridgehead atoms. The standard InChI is InChI=1S/C15H15ClN2O2/c1-10-5-11(2)7-13(6-10)17-9-12-3-4-14(18(19)20)8-15(12)16/h3-8,17H,9H2,1-2H3. The molecule has 0 aliphatic rings. The van der Waals surface area contributed by atoms with Crippen LogP contribution in [0.2, 0.25) is 5.02 Å². The first-order valence-electron chi connectivity index (χ1n) is 6.20. The summed E-state index contributed by atoms with van der Waals surface area (Å²) in [6.45, 7) is 4.60. The highest BCUT2D eigenvalue weighted by Gasteiger charge is 2.09. The summed E-state index contributed by atoms with van der Waals surface area (Å²) in [5.74, 6) is 0. The Labute approximate surface area is 122 Å². The van der Waals surface area contributed by atoms with Crippen molar-refractivity contribution in [3.63, 3.8) is 0 Å². The second-order valence-corrected chi connectivity index (χ2v) is 5.17. The molecule has 0 aromatic heterocycles. The Morgan fingerprint density at radius 1 is 1.15 bits per heavy atom. The van der Waals surface area contributed by atoms with Crippen LogP contribution in [0.15, 0.2) is 36.4 Å². The van der Waals surface area contributed by atoms with Gasteiger partial charge in [-0.2, -0.15) is 0 Å². The van der Waals surface area contributed by atoms with Crippen molar-refractivity contribution in [2.45, 2.75) is 20.4 Å². The minimum absolute atomic E-state index is 0.00477. The monoisotopic (exact) mass is 290 g/mol. The minimum Gasteiger partial charge on any atom is -0.381 e. The van der Waals surface area contributed by atoms with Crippen molar-refractivity contribution < 1.29 is 4.92 Å². The summed E-state index contributed by atoms with van der Waals surface area (Å²) in [7, 11) is 0. The lowest BCUT2D eigenvalue weighted by molar-refractivity contribution is -0.384. The molecular weight excluding hydrogens is 276 g/mol. The van der Waals surface area contributed by atoms with E-state index in [4.69, 9.17) is 11.6 Å². The molecular formula is C15H15ClN2O2. The highest BCUT2D eigenvalue weighted by molar-refractivity contribution is 6.31. The summed E-state index contributed by atoms with van der Waals surface area (Å²) in [6.07, 6.45) is 0. The van der Waals surface area contributed by atoms with Crippen molar-refractivity contribution in [2.24, 2.45) is 0 Å². The number of rotatable bonds is 4. The number of anilines is 1. The van der Waals surface area contributed by atoms with Gasteiger partial charge in [-0.1, -0.05) is 17.7 Å². The van der Waals surface area contributed by atoms with E-state index in [-0.39, 0.29) is 5.69 Å². The molecule has 0 aliphatic heterocycles. The van der Waals surface area contributed by atoms with E-state index in [0.29, 0.717) is 11.6 Å². The van der Waals surface area contributed by atoms with Crippen molar-refractivity contribution in [2.75, 3.05) is 5.32 Å². The second-order valence-electron chi connectivity index (χ2n) is 4.76. The molecule has 2 aromatic carbocycles. The summed E-state index contributed by atoms with van der Waals surface area (Å²) in [5, 5.41) is 14.3. The SMILES string of the molecule is Cc1cc(C)cc(NCc2ccc([N+](=O)[O-])cc2Cl)c1. The van der Waals surface area contributed by atoms with Gasteiger partial charge in [0.2, 0.25) is 0 Å². The third-order valence-electron chi connectivity index (χ3n) is 2.95. The molecule has 4 nitrogen and oxygen atoms in total. The number of nitro groups is 1. The van der Waals surface area contributed by atoms with Crippen molar-refractivity contribution >= 4 is 23.0 Å². The Kier molecular flexibility index (Phi) is 4.25. The number of benzene rings is 2. The van der Waals surface area contributed by atoms with Gasteiger partial charge < -0.3 is 5.32 Å². The van der Waals surface area contributed by atoms with Gasteiger partial charge in [0, 0.05) is 24.4 Å². The molecule has 104 valence electrons. The zero-order valence-corrected chi connectivity index (χ0v) is 12.1. The number of halogens is 1. The third kappa shape index (κ3) is 3.48. The van der Waals surface area contributed by atoms with Crippen LogP contribution in [0.3, 0.4) is 0 Å². The maximum Gasteiger partial charge on any atom is 0.270 e. The average Bonchev–Trinajstić information content (AvgIpc) is 2.36. The van der Waals surface area contributed by atoms with Crippen LogP contribution in [-0.2, 0) is 6.54 Å². The van der Waals surface area contributed by atoms with E-state index in [0.717, 1.165) is 11.3 Å². The lowest BCUT2D eigenvalue weighted by Gasteiger charge is -2.10. The second kappa shape index (κ2) is 5.92. The van der Waals surface area contributed by atoms with Crippen molar-refractivity contribution in [1.82, 2.24) is 0 Å². The van der Waals surface area contributed by atoms with Crippen LogP contribution in [0.1, 0.15) is 16.7 Å². The molecule has 5 heteroatoms. The molecule has 2 rings (SSSR count). The molecule has 1 N–H and O–H groups in total. The summed E-state index contributed by atoms with van der Waals surface area (Å²) in [6, 6.07) is 10.7. The molecule has 0 atom stereocenters. The quantitative estimate of drug-likeness (QED) is 0.667. The maximum absolute atomic E-state index is 10.7. The molecule has 0 spiro atoms. The van der Waals surface area contributed by atoms with Crippen LogP contribution in [0.4, 0.5) is 11.4 Å². The number of hydrogen-bond donors (Lipinski definition) is 1. The first-order chi connectivity index (χ1) is 9.45. The van der Waals surface area contributed by atoms with E-state index in [1.807, 2.05) is 26.0 Å². The fraction of sp³-hybridized carbons (Fsp3) is 0.200. The Morgan fingerprint density at radius 3 is 2.35 bits per heavy atom. The first kappa shape index (κ1) is 14.3. The minimum atomic E-state index is -0.451. The Bertz CT molecular complexity index is 636. The molecule has 0 aliphatic carbocycles. The Morgan fingerprint density at radius 2 is 1.80 bits per heavy atom. The summed E-state index contributed by atoms with van der Waals surface area (Å²) < 4.78 is 0. The molecule has 2 aromatic rings. The zero-order chi connectivity index (χ0) is 14.7. The van der Waals surface area contributed by atoms with Gasteiger partial charge in [-0.15, -0.1) is 0 Å². The van der Waals surface area contributed by atoms with E-state index in [9.17, 15) is 10.1 Å². The molecule has 0 saturated heterocycles. The van der Waals surface area contributed by atoms with Crippen LogP contribution >= 0.6 is 11.6 Å². The Balaban J connectivity index is 2.12. The number of non-ortho nitro benzene ring substituents is 1. The highest BCUT2D eigenvalue weighted by Crippen LogP contribution is 2.23. The lowest BCUT2D eigenvalue weighted by Crippen LogP contribution is -2.01. The summed E-state index contributed by atoms with van der Waals surface area (Å²) >= 11 is 6.06. The number of hydrogen-bond acceptors (Lipinski definition) is 3. The molecule has 20 heavy (non-hydrogen) atoms. The number of aryl methyl sites for hydroxylation is 2. The number of nitrogens with zero attached hydrogens (tertiary/aromatic N) is 1. The number of nitro benzene ring substituents is 1. The largest absolute Gasteiger partial charge is 0.381 e. The topological polar surface area (TPSA) is 55.2 Å². The predicted molar refractivity (Wildman–Crippen MR) is 81.3 cm³/mol. The molecule has 0 amide bonds. The van der Waals surface area contributed by atoms with E-state index in [1.54, 1.807) is 6.07 Å². The molecule has 0 saturated carbocycles. The van der Waals surface area contributed by atoms with E-state index >= 15 is 0 Å². The van der Waals surface area contributed by atoms with Crippen LogP contribution in [0.5, 0.6) is 0 Å². The average molecular weight is 291 g/mol. The molecule has 0 unspecified atom stereocenters. The molecule has 0 fully saturated rings. The normalized spacial score (nSPS) is 10.3. The van der Waals surface area contributed by atoms with Crippen molar-refractivity contribution in [3.05, 3.63) is 68.2 Å². The van der Waals surface area contributed by atoms with E-state index in [2.05, 4.69) is 11.4 Å². The van der Waals surface area contributed by atoms with E-state index < -0.39 is 4.92 Å². The molecule has 0 heterocycles. The summed E-state index contributed by atoms with van der Waals surface area (Å²) in [5.41, 5.74) is 4.21. The summed E-state index contributed by atoms with van der Waals surface area (Å²) in [4.78, 5) is 10.2. The maximum atomic E-state index is 10.7. The first-order valence-corrected chi connectivity index (χ1v) is 6.58. The van der Waals surface area contributed by atoms with Gasteiger partial charge >= 0.3 is 0 Å². The van der Waals surface area contributed by atoms with Gasteiger partial charge in [0.1, 0.15) is 0 Å². The highest BCUT2D eigenvalue weighted by atomic mass is 35.5. The van der Waals surface area contributed by atoms with Crippen LogP contribution < -0.4 is 5.32 Å². The van der Waals surface area contributed by atoms with Crippen LogP contribution in [0.25, 0.3) is 0 Å². The van der Waals surface area contributed by atoms with Gasteiger partial charge in [-0.05, 0) is 48.7 Å².